The molecule has 7 N–H and O–H groups in total. The Bertz CT molecular complexity index is 1940. The zero-order chi connectivity index (χ0) is 56.2. The van der Waals surface area contributed by atoms with Crippen LogP contribution in [-0.4, -0.2) is 162 Å². The van der Waals surface area contributed by atoms with Gasteiger partial charge >= 0.3 is 5.97 Å². The second-order valence-corrected chi connectivity index (χ2v) is 18.0. The molecule has 1 aliphatic heterocycles. The number of likely N-dealkylation sites (tertiary alicyclic amines) is 1. The van der Waals surface area contributed by atoms with Gasteiger partial charge in [-0.2, -0.15) is 0 Å². The van der Waals surface area contributed by atoms with Crippen molar-refractivity contribution in [1.82, 2.24) is 20.4 Å². The normalized spacial score (nSPS) is 14.7. The molecule has 420 valence electrons. The second kappa shape index (κ2) is 40.0. The van der Waals surface area contributed by atoms with E-state index >= 15 is 0 Å². The van der Waals surface area contributed by atoms with E-state index in [1.165, 1.54) is 23.8 Å². The minimum atomic E-state index is -1.00. The maximum atomic E-state index is 13.3. The van der Waals surface area contributed by atoms with Crippen LogP contribution in [0.25, 0.3) is 0 Å². The summed E-state index contributed by atoms with van der Waals surface area (Å²) < 4.78 is 32.6. The van der Waals surface area contributed by atoms with Crippen LogP contribution in [0.5, 0.6) is 0 Å². The number of hydrogen-bond acceptors (Lipinski definition) is 16. The third-order valence-electron chi connectivity index (χ3n) is 11.1. The van der Waals surface area contributed by atoms with Gasteiger partial charge in [-0.15, -0.1) is 0 Å². The molecule has 3 unspecified atom stereocenters. The number of carbonyl (C=O) groups is 8. The van der Waals surface area contributed by atoms with Gasteiger partial charge < -0.3 is 60.7 Å². The first-order valence-corrected chi connectivity index (χ1v) is 25.4. The van der Waals surface area contributed by atoms with Crippen LogP contribution < -0.4 is 27.4 Å². The van der Waals surface area contributed by atoms with Crippen LogP contribution in [-0.2, 0) is 79.9 Å². The highest BCUT2D eigenvalue weighted by atomic mass is 16.5. The number of nitrogens with two attached hydrogens (primary N) is 2. The van der Waals surface area contributed by atoms with Crippen molar-refractivity contribution < 1.29 is 66.8 Å². The van der Waals surface area contributed by atoms with E-state index in [1.807, 2.05) is 32.9 Å². The number of ketones is 1. The van der Waals surface area contributed by atoms with Crippen LogP contribution in [0.4, 0.5) is 5.69 Å². The smallest absolute Gasteiger partial charge is 0.308 e. The van der Waals surface area contributed by atoms with E-state index in [-0.39, 0.29) is 146 Å². The van der Waals surface area contributed by atoms with Crippen molar-refractivity contribution in [1.29, 1.82) is 0 Å². The van der Waals surface area contributed by atoms with Gasteiger partial charge in [-0.1, -0.05) is 58.9 Å². The molecule has 1 saturated heterocycles. The molecule has 1 aromatic carbocycles. The molecule has 0 bridgehead atoms. The molecule has 74 heavy (non-hydrogen) atoms. The van der Waals surface area contributed by atoms with Crippen LogP contribution in [0.3, 0.4) is 0 Å². The monoisotopic (exact) mass is 1050 g/mol. The summed E-state index contributed by atoms with van der Waals surface area (Å²) in [7, 11) is 3.13. The molecule has 0 aromatic heterocycles. The Balaban J connectivity index is 0.00000435. The summed E-state index contributed by atoms with van der Waals surface area (Å²) in [5.41, 5.74) is 12.1. The topological polar surface area (TPSA) is 287 Å². The van der Waals surface area contributed by atoms with Gasteiger partial charge in [0.15, 0.2) is 5.78 Å². The number of ether oxygens (including phenoxy) is 6. The number of rotatable bonds is 34. The molecule has 1 heterocycles. The lowest BCUT2D eigenvalue weighted by atomic mass is 10.0. The van der Waals surface area contributed by atoms with Gasteiger partial charge in [0.25, 0.3) is 0 Å². The molecular formula is C53H89N7O14. The Morgan fingerprint density at radius 3 is 1.93 bits per heavy atom. The number of amides is 6. The number of benzene rings is 1. The van der Waals surface area contributed by atoms with E-state index < -0.39 is 35.8 Å². The van der Waals surface area contributed by atoms with Gasteiger partial charge in [-0.05, 0) is 76.4 Å². The summed E-state index contributed by atoms with van der Waals surface area (Å²) >= 11 is 0. The SMILES string of the molecule is CC=C(C)C(=O)CCOCCOCCC(=O)N(C)Cc1cc(NC(=O)[C@H](C)NC(=O)C(NC(=O)CCOCCOCCN2C(=O)CC(C)C2=O)C(C)C)ccc1COC(=O)C(C)C.CC=CC(C)OCCN.CN. The minimum Gasteiger partial charge on any atom is -0.461 e. The Morgan fingerprint density at radius 1 is 0.797 bits per heavy atom. The van der Waals surface area contributed by atoms with Gasteiger partial charge in [-0.3, -0.25) is 43.3 Å². The van der Waals surface area contributed by atoms with Crippen molar-refractivity contribution in [2.75, 3.05) is 92.0 Å². The first-order chi connectivity index (χ1) is 35.2. The molecule has 0 radical (unpaired) electrons. The lowest BCUT2D eigenvalue weighted by Crippen LogP contribution is -2.53. The molecule has 0 saturated carbocycles. The Labute approximate surface area is 439 Å². The maximum absolute atomic E-state index is 13.3. The van der Waals surface area contributed by atoms with Crippen molar-refractivity contribution >= 4 is 52.9 Å². The molecule has 4 atom stereocenters. The molecule has 21 heteroatoms. The third-order valence-corrected chi connectivity index (χ3v) is 11.1. The number of allylic oxidation sites excluding steroid dienone is 3. The number of Topliss-reactive ketones (excluding diaryl/α,β-unsaturated/α-hetero) is 1. The first-order valence-electron chi connectivity index (χ1n) is 25.4. The highest BCUT2D eigenvalue weighted by Crippen LogP contribution is 2.21. The zero-order valence-electron chi connectivity index (χ0n) is 46.2. The van der Waals surface area contributed by atoms with Crippen LogP contribution in [0.15, 0.2) is 42.0 Å². The number of esters is 1. The first kappa shape index (κ1) is 68.6. The molecule has 2 rings (SSSR count). The van der Waals surface area contributed by atoms with Gasteiger partial charge in [0.2, 0.25) is 35.4 Å². The standard InChI is InChI=1S/C45H69N5O13.C7H15NO.CH5N/c1-10-31(6)37(51)13-17-59-21-22-61-19-15-39(53)49(9)27-35-26-36(12-11-34(35)28-63-45(58)30(4)5)47-42(55)33(8)46-43(56)41(29(2)3)48-38(52)14-18-60-23-24-62-20-16-50-40(54)25-32(7)44(50)57;1-3-4-7(2)9-6-5-8;1-2/h10-12,26,29-30,32-33,41H,13-25,27-28H2,1-9H3,(H,46,56)(H,47,55)(H,48,52);3-4,7H,5-6,8H2,1-2H3;2H2,1H3/t32?,33-,41?;;/m0../s1. The van der Waals surface area contributed by atoms with Crippen molar-refractivity contribution in [2.45, 2.75) is 126 Å². The average molecular weight is 1050 g/mol. The Hall–Kier alpha value is -5.42. The number of hydrogen-bond donors (Lipinski definition) is 5. The summed E-state index contributed by atoms with van der Waals surface area (Å²) in [5.74, 6) is -3.44. The molecular weight excluding hydrogens is 959 g/mol. The number of anilines is 1. The number of nitrogens with zero attached hydrogens (tertiary/aromatic N) is 2. The zero-order valence-corrected chi connectivity index (χ0v) is 46.2. The van der Waals surface area contributed by atoms with Crippen LogP contribution in [0.1, 0.15) is 106 Å². The van der Waals surface area contributed by atoms with E-state index in [1.54, 1.807) is 72.9 Å². The maximum Gasteiger partial charge on any atom is 0.308 e. The molecule has 1 aromatic rings. The van der Waals surface area contributed by atoms with Gasteiger partial charge in [0.05, 0.1) is 84.4 Å². The van der Waals surface area contributed by atoms with Crippen LogP contribution in [0.2, 0.25) is 0 Å². The summed E-state index contributed by atoms with van der Waals surface area (Å²) in [4.78, 5) is 103. The fourth-order valence-corrected chi connectivity index (χ4v) is 6.55. The molecule has 0 aliphatic carbocycles. The molecule has 1 fully saturated rings. The summed E-state index contributed by atoms with van der Waals surface area (Å²) in [6.07, 6.45) is 6.50. The predicted octanol–water partition coefficient (Wildman–Crippen LogP) is 3.60. The average Bonchev–Trinajstić information content (AvgIpc) is 3.61. The molecule has 0 spiro atoms. The van der Waals surface area contributed by atoms with Crippen molar-refractivity contribution in [2.24, 2.45) is 29.2 Å². The van der Waals surface area contributed by atoms with Gasteiger partial charge in [0.1, 0.15) is 18.7 Å². The lowest BCUT2D eigenvalue weighted by molar-refractivity contribution is -0.148. The summed E-state index contributed by atoms with van der Waals surface area (Å²) in [6.45, 7) is 20.9. The van der Waals surface area contributed by atoms with Gasteiger partial charge in [0, 0.05) is 51.0 Å². The van der Waals surface area contributed by atoms with Crippen LogP contribution >= 0.6 is 0 Å². The molecule has 1 aliphatic rings. The predicted molar refractivity (Wildman–Crippen MR) is 282 cm³/mol. The largest absolute Gasteiger partial charge is 0.461 e. The highest BCUT2D eigenvalue weighted by molar-refractivity contribution is 6.03. The number of nitrogens with one attached hydrogen (secondary N) is 3. The Kier molecular flexibility index (Phi) is 37.0. The van der Waals surface area contributed by atoms with E-state index in [4.69, 9.17) is 34.2 Å². The van der Waals surface area contributed by atoms with Gasteiger partial charge in [-0.25, -0.2) is 0 Å². The quantitative estimate of drug-likeness (QED) is 0.0217. The number of imide groups is 1. The van der Waals surface area contributed by atoms with E-state index in [9.17, 15) is 38.4 Å². The van der Waals surface area contributed by atoms with Crippen molar-refractivity contribution in [3.05, 3.63) is 53.1 Å². The van der Waals surface area contributed by atoms with Crippen molar-refractivity contribution in [3.8, 4) is 0 Å². The molecule has 6 amide bonds. The van der Waals surface area contributed by atoms with E-state index in [0.717, 1.165) is 0 Å². The van der Waals surface area contributed by atoms with E-state index in [2.05, 4.69) is 21.7 Å². The summed E-state index contributed by atoms with van der Waals surface area (Å²) in [5, 5.41) is 8.18. The highest BCUT2D eigenvalue weighted by Gasteiger charge is 2.35. The van der Waals surface area contributed by atoms with Crippen LogP contribution in [0, 0.1) is 17.8 Å². The second-order valence-electron chi connectivity index (χ2n) is 18.0. The number of carbonyl (C=O) groups excluding carboxylic acids is 8. The summed E-state index contributed by atoms with van der Waals surface area (Å²) in [6, 6.07) is 3.07. The van der Waals surface area contributed by atoms with Crippen molar-refractivity contribution in [3.63, 3.8) is 0 Å². The minimum absolute atomic E-state index is 0.0252. The fourth-order valence-electron chi connectivity index (χ4n) is 6.55. The lowest BCUT2D eigenvalue weighted by Gasteiger charge is -2.24. The Morgan fingerprint density at radius 2 is 1.39 bits per heavy atom. The fraction of sp³-hybridized carbons (Fsp3) is 0.660. The van der Waals surface area contributed by atoms with E-state index in [0.29, 0.717) is 35.5 Å². The molecule has 21 nitrogen and oxygen atoms in total. The third kappa shape index (κ3) is 28.9.